The standard InChI is InChI=1S/C27H29FN6O2/c1-17(6-5-9-29-4)25-13-26(31-24-11-21(10-23(28)12-24)22-14-30-36-16-22)33-27(32-25)20-8-7-18(2)34(15-20)19(3)35/h5-6,9-14,16,18,20H,4,7-8,15H2,1-3H3,(H,31,32,33)/b9-5-,17-6+/t18-,20+/m0/s1. The Bertz CT molecular complexity index is 1300. The number of nitrogens with zero attached hydrogens (tertiary/aromatic N) is 5. The van der Waals surface area contributed by atoms with E-state index in [-0.39, 0.29) is 17.9 Å². The number of nitrogens with one attached hydrogen (secondary N) is 1. The van der Waals surface area contributed by atoms with Crippen LogP contribution < -0.4 is 5.32 Å². The molecular weight excluding hydrogens is 459 g/mol. The second kappa shape index (κ2) is 11.1. The molecule has 0 radical (unpaired) electrons. The van der Waals surface area contributed by atoms with Gasteiger partial charge < -0.3 is 14.7 Å². The molecule has 1 aliphatic rings. The first kappa shape index (κ1) is 25.0. The number of aliphatic imine (C=N–C) groups is 1. The average Bonchev–Trinajstić information content (AvgIpc) is 3.39. The number of likely N-dealkylation sites (tertiary alicyclic amines) is 1. The number of carbonyl (C=O) groups excluding carboxylic acids is 1. The summed E-state index contributed by atoms with van der Waals surface area (Å²) in [5, 5.41) is 6.94. The van der Waals surface area contributed by atoms with Crippen molar-refractivity contribution in [2.45, 2.75) is 45.6 Å². The number of anilines is 2. The van der Waals surface area contributed by atoms with Crippen LogP contribution in [0, 0.1) is 5.82 Å². The third kappa shape index (κ3) is 5.91. The Morgan fingerprint density at radius 3 is 2.78 bits per heavy atom. The molecule has 1 amide bonds. The SMILES string of the molecule is C=N/C=C\C=C(/C)c1cc(Nc2cc(F)cc(-c3cnoc3)c2)nc([C@@H]2CC[C@H](C)N(C(C)=O)C2)n1. The highest BCUT2D eigenvalue weighted by molar-refractivity contribution is 5.74. The number of amides is 1. The second-order valence-corrected chi connectivity index (χ2v) is 8.93. The molecule has 3 aromatic rings. The fourth-order valence-corrected chi connectivity index (χ4v) is 4.33. The maximum atomic E-state index is 14.4. The van der Waals surface area contributed by atoms with Crippen molar-refractivity contribution >= 4 is 29.7 Å². The summed E-state index contributed by atoms with van der Waals surface area (Å²) < 4.78 is 19.3. The average molecular weight is 489 g/mol. The number of piperidine rings is 1. The van der Waals surface area contributed by atoms with E-state index in [2.05, 4.69) is 29.1 Å². The summed E-state index contributed by atoms with van der Waals surface area (Å²) in [6.07, 6.45) is 10.0. The summed E-state index contributed by atoms with van der Waals surface area (Å²) in [4.78, 5) is 27.4. The first-order valence-corrected chi connectivity index (χ1v) is 11.8. The van der Waals surface area contributed by atoms with Gasteiger partial charge in [0, 0.05) is 48.9 Å². The maximum absolute atomic E-state index is 14.4. The van der Waals surface area contributed by atoms with Crippen molar-refractivity contribution in [3.63, 3.8) is 0 Å². The number of hydrogen-bond donors (Lipinski definition) is 1. The Kier molecular flexibility index (Phi) is 7.68. The van der Waals surface area contributed by atoms with Gasteiger partial charge >= 0.3 is 0 Å². The van der Waals surface area contributed by atoms with Crippen LogP contribution in [0.4, 0.5) is 15.9 Å². The van der Waals surface area contributed by atoms with E-state index >= 15 is 0 Å². The van der Waals surface area contributed by atoms with Gasteiger partial charge in [0.15, 0.2) is 0 Å². The summed E-state index contributed by atoms with van der Waals surface area (Å²) >= 11 is 0. The first-order chi connectivity index (χ1) is 17.3. The van der Waals surface area contributed by atoms with Gasteiger partial charge in [-0.15, -0.1) is 0 Å². The molecule has 1 aromatic carbocycles. The van der Waals surface area contributed by atoms with Crippen LogP contribution in [0.3, 0.4) is 0 Å². The molecule has 1 N–H and O–H groups in total. The monoisotopic (exact) mass is 488 g/mol. The highest BCUT2D eigenvalue weighted by Gasteiger charge is 2.30. The molecule has 9 heteroatoms. The van der Waals surface area contributed by atoms with E-state index in [1.54, 1.807) is 25.3 Å². The Balaban J connectivity index is 1.71. The maximum Gasteiger partial charge on any atom is 0.219 e. The quantitative estimate of drug-likeness (QED) is 0.336. The second-order valence-electron chi connectivity index (χ2n) is 8.93. The lowest BCUT2D eigenvalue weighted by Crippen LogP contribution is -2.44. The van der Waals surface area contributed by atoms with E-state index in [1.807, 2.05) is 24.0 Å². The highest BCUT2D eigenvalue weighted by atomic mass is 19.1. The molecule has 1 fully saturated rings. The number of benzene rings is 1. The summed E-state index contributed by atoms with van der Waals surface area (Å²) in [6, 6.07) is 6.63. The molecule has 0 aliphatic carbocycles. The van der Waals surface area contributed by atoms with Crippen LogP contribution in [0.2, 0.25) is 0 Å². The van der Waals surface area contributed by atoms with Crippen molar-refractivity contribution in [3.05, 3.63) is 72.4 Å². The van der Waals surface area contributed by atoms with Crippen LogP contribution in [-0.4, -0.2) is 45.2 Å². The molecule has 3 heterocycles. The van der Waals surface area contributed by atoms with Gasteiger partial charge in [-0.3, -0.25) is 9.79 Å². The molecule has 1 saturated heterocycles. The van der Waals surface area contributed by atoms with Gasteiger partial charge in [-0.1, -0.05) is 11.2 Å². The fraction of sp³-hybridized carbons (Fsp3) is 0.296. The summed E-state index contributed by atoms with van der Waals surface area (Å²) in [5.41, 5.74) is 3.45. The fourth-order valence-electron chi connectivity index (χ4n) is 4.33. The van der Waals surface area contributed by atoms with E-state index in [0.717, 1.165) is 24.1 Å². The number of carbonyl (C=O) groups is 1. The van der Waals surface area contributed by atoms with E-state index in [9.17, 15) is 9.18 Å². The first-order valence-electron chi connectivity index (χ1n) is 11.8. The van der Waals surface area contributed by atoms with Crippen molar-refractivity contribution in [1.29, 1.82) is 0 Å². The molecule has 36 heavy (non-hydrogen) atoms. The Morgan fingerprint density at radius 2 is 2.06 bits per heavy atom. The number of hydrogen-bond acceptors (Lipinski definition) is 7. The van der Waals surface area contributed by atoms with E-state index in [1.165, 1.54) is 24.6 Å². The van der Waals surface area contributed by atoms with E-state index < -0.39 is 5.82 Å². The molecule has 2 atom stereocenters. The van der Waals surface area contributed by atoms with Crippen molar-refractivity contribution in [2.75, 3.05) is 11.9 Å². The Hall–Kier alpha value is -4.14. The molecule has 186 valence electrons. The predicted octanol–water partition coefficient (Wildman–Crippen LogP) is 5.75. The molecule has 1 aliphatic heterocycles. The van der Waals surface area contributed by atoms with Gasteiger partial charge in [0.1, 0.15) is 23.7 Å². The van der Waals surface area contributed by atoms with Crippen molar-refractivity contribution in [2.24, 2.45) is 4.99 Å². The van der Waals surface area contributed by atoms with Crippen molar-refractivity contribution in [3.8, 4) is 11.1 Å². The zero-order chi connectivity index (χ0) is 25.7. The smallest absolute Gasteiger partial charge is 0.219 e. The number of aromatic nitrogens is 3. The highest BCUT2D eigenvalue weighted by Crippen LogP contribution is 2.31. The number of rotatable bonds is 7. The topological polar surface area (TPSA) is 96.5 Å². The van der Waals surface area contributed by atoms with Crippen LogP contribution in [0.25, 0.3) is 16.7 Å². The molecule has 0 saturated carbocycles. The predicted molar refractivity (Wildman–Crippen MR) is 138 cm³/mol. The minimum Gasteiger partial charge on any atom is -0.364 e. The molecule has 4 rings (SSSR count). The van der Waals surface area contributed by atoms with E-state index in [0.29, 0.717) is 35.0 Å². The van der Waals surface area contributed by atoms with Crippen molar-refractivity contribution in [1.82, 2.24) is 20.0 Å². The molecule has 8 nitrogen and oxygen atoms in total. The number of allylic oxidation sites excluding steroid dienone is 3. The lowest BCUT2D eigenvalue weighted by atomic mass is 9.92. The molecule has 0 bridgehead atoms. The van der Waals surface area contributed by atoms with Gasteiger partial charge in [-0.25, -0.2) is 14.4 Å². The van der Waals surface area contributed by atoms with Gasteiger partial charge in [-0.05, 0) is 68.8 Å². The summed E-state index contributed by atoms with van der Waals surface area (Å²) in [5.74, 6) is 0.803. The summed E-state index contributed by atoms with van der Waals surface area (Å²) in [7, 11) is 0. The molecule has 0 unspecified atom stereocenters. The Labute approximate surface area is 209 Å². The Morgan fingerprint density at radius 1 is 1.22 bits per heavy atom. The van der Waals surface area contributed by atoms with Gasteiger partial charge in [0.25, 0.3) is 0 Å². The largest absolute Gasteiger partial charge is 0.364 e. The zero-order valence-electron chi connectivity index (χ0n) is 20.6. The lowest BCUT2D eigenvalue weighted by Gasteiger charge is -2.37. The van der Waals surface area contributed by atoms with Crippen LogP contribution in [0.5, 0.6) is 0 Å². The van der Waals surface area contributed by atoms with Crippen LogP contribution >= 0.6 is 0 Å². The molecule has 0 spiro atoms. The number of halogens is 1. The third-order valence-electron chi connectivity index (χ3n) is 6.27. The molecule has 2 aromatic heterocycles. The zero-order valence-corrected chi connectivity index (χ0v) is 20.6. The lowest BCUT2D eigenvalue weighted by molar-refractivity contribution is -0.132. The normalized spacial score (nSPS) is 18.4. The van der Waals surface area contributed by atoms with Gasteiger partial charge in [0.05, 0.1) is 11.9 Å². The van der Waals surface area contributed by atoms with Crippen LogP contribution in [-0.2, 0) is 4.79 Å². The molecular formula is C27H29FN6O2. The van der Waals surface area contributed by atoms with Crippen LogP contribution in [0.15, 0.2) is 64.6 Å². The van der Waals surface area contributed by atoms with Gasteiger partial charge in [0.2, 0.25) is 5.91 Å². The van der Waals surface area contributed by atoms with Gasteiger partial charge in [-0.2, -0.15) is 0 Å². The van der Waals surface area contributed by atoms with Crippen LogP contribution in [0.1, 0.15) is 51.0 Å². The van der Waals surface area contributed by atoms with E-state index in [4.69, 9.17) is 14.5 Å². The third-order valence-corrected chi connectivity index (χ3v) is 6.27. The minimum absolute atomic E-state index is 0.0103. The minimum atomic E-state index is -0.401. The van der Waals surface area contributed by atoms with Crippen molar-refractivity contribution < 1.29 is 13.7 Å². The summed E-state index contributed by atoms with van der Waals surface area (Å²) in [6.45, 7) is 9.60.